The van der Waals surface area contributed by atoms with Crippen molar-refractivity contribution in [1.29, 1.82) is 0 Å². The van der Waals surface area contributed by atoms with Crippen LogP contribution >= 0.6 is 0 Å². The number of aromatic nitrogens is 2. The van der Waals surface area contributed by atoms with E-state index in [-0.39, 0.29) is 18.1 Å². The minimum absolute atomic E-state index is 0.0348. The summed E-state index contributed by atoms with van der Waals surface area (Å²) in [6.07, 6.45) is 1.77. The zero-order valence-electron chi connectivity index (χ0n) is 14.5. The Bertz CT molecular complexity index is 1020. The van der Waals surface area contributed by atoms with E-state index < -0.39 is 11.5 Å². The number of benzene rings is 1. The molecule has 1 aromatic carbocycles. The number of hydrogen-bond donors (Lipinski definition) is 1. The van der Waals surface area contributed by atoms with E-state index in [1.807, 2.05) is 4.90 Å². The van der Waals surface area contributed by atoms with Crippen LogP contribution in [0.25, 0.3) is 0 Å². The normalized spacial score (nSPS) is 19.4. The number of piperidine rings is 1. The Morgan fingerprint density at radius 2 is 2.08 bits per heavy atom. The molecule has 2 aliphatic heterocycles. The van der Waals surface area contributed by atoms with Gasteiger partial charge < -0.3 is 10.6 Å². The molecule has 1 atom stereocenters. The van der Waals surface area contributed by atoms with Gasteiger partial charge in [-0.15, -0.1) is 0 Å². The second-order valence-corrected chi connectivity index (χ2v) is 6.83. The third-order valence-electron chi connectivity index (χ3n) is 5.09. The SMILES string of the molecule is Cn1c(=O)cc2n(c1=O)Cc1cc(F)ccc1C(N)=N[C@@H]1CCCN2C1. The lowest BCUT2D eigenvalue weighted by Crippen LogP contribution is -2.46. The van der Waals surface area contributed by atoms with Gasteiger partial charge in [-0.1, -0.05) is 0 Å². The van der Waals surface area contributed by atoms with E-state index in [0.29, 0.717) is 29.3 Å². The zero-order valence-corrected chi connectivity index (χ0v) is 14.5. The molecule has 1 fully saturated rings. The van der Waals surface area contributed by atoms with Crippen LogP contribution in [-0.4, -0.2) is 34.1 Å². The number of rotatable bonds is 0. The van der Waals surface area contributed by atoms with Gasteiger partial charge in [-0.3, -0.25) is 18.9 Å². The van der Waals surface area contributed by atoms with Gasteiger partial charge in [0.1, 0.15) is 17.5 Å². The smallest absolute Gasteiger partial charge is 0.332 e. The minimum atomic E-state index is -0.430. The fourth-order valence-corrected chi connectivity index (χ4v) is 3.72. The van der Waals surface area contributed by atoms with E-state index in [1.165, 1.54) is 29.8 Å². The molecule has 3 heterocycles. The summed E-state index contributed by atoms with van der Waals surface area (Å²) in [5, 5.41) is 0. The lowest BCUT2D eigenvalue weighted by Gasteiger charge is -2.35. The molecule has 0 unspecified atom stereocenters. The van der Waals surface area contributed by atoms with Crippen molar-refractivity contribution in [3.05, 3.63) is 62.0 Å². The molecular formula is C18H20FN5O2. The van der Waals surface area contributed by atoms with Crippen molar-refractivity contribution in [2.75, 3.05) is 18.0 Å². The van der Waals surface area contributed by atoms with Gasteiger partial charge in [0.25, 0.3) is 5.56 Å². The molecule has 1 aromatic heterocycles. The average Bonchev–Trinajstić information content (AvgIpc) is 2.61. The summed E-state index contributed by atoms with van der Waals surface area (Å²) in [6, 6.07) is 5.74. The van der Waals surface area contributed by atoms with E-state index >= 15 is 0 Å². The third kappa shape index (κ3) is 2.71. The van der Waals surface area contributed by atoms with Crippen LogP contribution in [0.3, 0.4) is 0 Å². The lowest BCUT2D eigenvalue weighted by atomic mass is 10.0. The molecule has 0 amide bonds. The first kappa shape index (κ1) is 16.6. The number of amidine groups is 1. The molecular weight excluding hydrogens is 337 g/mol. The van der Waals surface area contributed by atoms with Crippen LogP contribution in [0.15, 0.2) is 38.8 Å². The molecule has 0 radical (unpaired) electrons. The number of hydrogen-bond acceptors (Lipinski definition) is 5. The number of nitrogens with two attached hydrogens (primary N) is 1. The van der Waals surface area contributed by atoms with Crippen molar-refractivity contribution < 1.29 is 4.39 Å². The Morgan fingerprint density at radius 1 is 1.27 bits per heavy atom. The van der Waals surface area contributed by atoms with Gasteiger partial charge in [0.15, 0.2) is 0 Å². The quantitative estimate of drug-likeness (QED) is 0.741. The Labute approximate surface area is 149 Å². The monoisotopic (exact) mass is 357 g/mol. The predicted molar refractivity (Wildman–Crippen MR) is 97.4 cm³/mol. The highest BCUT2D eigenvalue weighted by molar-refractivity contribution is 5.99. The molecule has 7 nitrogen and oxygen atoms in total. The molecule has 8 heteroatoms. The number of halogens is 1. The molecule has 0 saturated carbocycles. The van der Waals surface area contributed by atoms with Crippen LogP contribution in [0, 0.1) is 5.82 Å². The van der Waals surface area contributed by atoms with Gasteiger partial charge in [0, 0.05) is 31.8 Å². The number of anilines is 1. The molecule has 2 N–H and O–H groups in total. The molecule has 2 bridgehead atoms. The number of nitrogens with zero attached hydrogens (tertiary/aromatic N) is 4. The second-order valence-electron chi connectivity index (χ2n) is 6.83. The van der Waals surface area contributed by atoms with Crippen LogP contribution in [0.1, 0.15) is 24.0 Å². The number of aliphatic imine (C=N–C) groups is 1. The summed E-state index contributed by atoms with van der Waals surface area (Å²) < 4.78 is 16.4. The van der Waals surface area contributed by atoms with E-state index in [0.717, 1.165) is 24.0 Å². The Kier molecular flexibility index (Phi) is 3.90. The van der Waals surface area contributed by atoms with Gasteiger partial charge >= 0.3 is 5.69 Å². The maximum atomic E-state index is 13.9. The molecule has 4 rings (SSSR count). The van der Waals surface area contributed by atoms with E-state index in [4.69, 9.17) is 5.73 Å². The minimum Gasteiger partial charge on any atom is -0.383 e. The standard InChI is InChI=1S/C18H20FN5O2/c1-22-16(25)8-15-23-6-2-3-13(10-23)21-17(20)14-5-4-12(19)7-11(14)9-24(15)18(22)26/h4-5,7-8,13H,2-3,6,9-10H2,1H3,(H2,20,21)/t13-/m1/s1. The highest BCUT2D eigenvalue weighted by Gasteiger charge is 2.25. The van der Waals surface area contributed by atoms with Gasteiger partial charge in [-0.2, -0.15) is 0 Å². The lowest BCUT2D eigenvalue weighted by molar-refractivity contribution is 0.491. The van der Waals surface area contributed by atoms with Gasteiger partial charge in [0.05, 0.1) is 12.6 Å². The fourth-order valence-electron chi connectivity index (χ4n) is 3.72. The van der Waals surface area contributed by atoms with Crippen molar-refractivity contribution >= 4 is 11.7 Å². The molecule has 136 valence electrons. The Morgan fingerprint density at radius 3 is 2.88 bits per heavy atom. The zero-order chi connectivity index (χ0) is 18.4. The maximum Gasteiger partial charge on any atom is 0.332 e. The molecule has 26 heavy (non-hydrogen) atoms. The average molecular weight is 357 g/mol. The van der Waals surface area contributed by atoms with E-state index in [2.05, 4.69) is 4.99 Å². The largest absolute Gasteiger partial charge is 0.383 e. The Hall–Kier alpha value is -2.90. The van der Waals surface area contributed by atoms with Crippen molar-refractivity contribution in [1.82, 2.24) is 9.13 Å². The first-order valence-corrected chi connectivity index (χ1v) is 8.62. The highest BCUT2D eigenvalue weighted by Crippen LogP contribution is 2.23. The first-order chi connectivity index (χ1) is 12.4. The Balaban J connectivity index is 2.01. The molecule has 0 spiro atoms. The summed E-state index contributed by atoms with van der Waals surface area (Å²) in [6.45, 7) is 1.44. The third-order valence-corrected chi connectivity index (χ3v) is 5.09. The second kappa shape index (κ2) is 6.12. The van der Waals surface area contributed by atoms with Crippen molar-refractivity contribution in [3.63, 3.8) is 0 Å². The van der Waals surface area contributed by atoms with Crippen molar-refractivity contribution in [2.24, 2.45) is 17.8 Å². The predicted octanol–water partition coefficient (Wildman–Crippen LogP) is 0.422. The van der Waals surface area contributed by atoms with E-state index in [9.17, 15) is 14.0 Å². The first-order valence-electron chi connectivity index (χ1n) is 8.62. The summed E-state index contributed by atoms with van der Waals surface area (Å²) in [5.41, 5.74) is 6.60. The summed E-state index contributed by atoms with van der Waals surface area (Å²) in [7, 11) is 1.44. The molecule has 1 saturated heterocycles. The highest BCUT2D eigenvalue weighted by atomic mass is 19.1. The van der Waals surface area contributed by atoms with E-state index in [1.54, 1.807) is 6.07 Å². The van der Waals surface area contributed by atoms with Crippen LogP contribution in [-0.2, 0) is 13.6 Å². The van der Waals surface area contributed by atoms with Crippen LogP contribution in [0.5, 0.6) is 0 Å². The topological polar surface area (TPSA) is 85.6 Å². The summed E-state index contributed by atoms with van der Waals surface area (Å²) >= 11 is 0. The van der Waals surface area contributed by atoms with Crippen molar-refractivity contribution in [3.8, 4) is 0 Å². The molecule has 2 aliphatic rings. The van der Waals surface area contributed by atoms with Gasteiger partial charge in [-0.25, -0.2) is 9.18 Å². The van der Waals surface area contributed by atoms with Crippen molar-refractivity contribution in [2.45, 2.75) is 25.4 Å². The summed E-state index contributed by atoms with van der Waals surface area (Å²) in [4.78, 5) is 31.6. The fraction of sp³-hybridized carbons (Fsp3) is 0.389. The maximum absolute atomic E-state index is 13.9. The number of fused-ring (bicyclic) bond motifs is 5. The van der Waals surface area contributed by atoms with Gasteiger partial charge in [0.2, 0.25) is 0 Å². The molecule has 0 aliphatic carbocycles. The summed E-state index contributed by atoms with van der Waals surface area (Å²) in [5.74, 6) is 0.496. The van der Waals surface area contributed by atoms with Crippen LogP contribution in [0.4, 0.5) is 10.2 Å². The van der Waals surface area contributed by atoms with Crippen LogP contribution in [0.2, 0.25) is 0 Å². The van der Waals surface area contributed by atoms with Crippen LogP contribution < -0.4 is 21.9 Å². The van der Waals surface area contributed by atoms with Gasteiger partial charge in [-0.05, 0) is 36.6 Å². The molecule has 2 aromatic rings.